The summed E-state index contributed by atoms with van der Waals surface area (Å²) in [7, 11) is 4.65. The van der Waals surface area contributed by atoms with E-state index in [1.54, 1.807) is 33.5 Å². The fourth-order valence-corrected chi connectivity index (χ4v) is 3.53. The van der Waals surface area contributed by atoms with Crippen LogP contribution in [0.3, 0.4) is 0 Å². The van der Waals surface area contributed by atoms with E-state index in [1.165, 1.54) is 11.1 Å². The van der Waals surface area contributed by atoms with Crippen LogP contribution in [0.2, 0.25) is 0 Å². The quantitative estimate of drug-likeness (QED) is 0.807. The second-order valence-corrected chi connectivity index (χ2v) is 7.10. The Kier molecular flexibility index (Phi) is 6.82. The van der Waals surface area contributed by atoms with E-state index in [9.17, 15) is 4.79 Å². The third-order valence-electron chi connectivity index (χ3n) is 5.06. The van der Waals surface area contributed by atoms with Crippen molar-refractivity contribution in [2.45, 2.75) is 13.5 Å². The number of rotatable bonds is 6. The highest BCUT2D eigenvalue weighted by Gasteiger charge is 2.22. The van der Waals surface area contributed by atoms with Gasteiger partial charge in [-0.1, -0.05) is 29.8 Å². The number of ether oxygens (including phenoxy) is 3. The minimum Gasteiger partial charge on any atom is -0.493 e. The van der Waals surface area contributed by atoms with Crippen LogP contribution in [0.1, 0.15) is 11.1 Å². The molecule has 0 aliphatic carbocycles. The first kappa shape index (κ1) is 20.8. The first-order chi connectivity index (χ1) is 14.0. The smallest absolute Gasteiger partial charge is 0.321 e. The predicted molar refractivity (Wildman–Crippen MR) is 113 cm³/mol. The fourth-order valence-electron chi connectivity index (χ4n) is 3.53. The van der Waals surface area contributed by atoms with Crippen LogP contribution in [0, 0.1) is 6.92 Å². The molecule has 2 aromatic rings. The Morgan fingerprint density at radius 1 is 0.966 bits per heavy atom. The zero-order valence-corrected chi connectivity index (χ0v) is 17.5. The van der Waals surface area contributed by atoms with E-state index in [1.807, 2.05) is 4.90 Å². The number of nitrogens with zero attached hydrogens (tertiary/aromatic N) is 2. The van der Waals surface area contributed by atoms with Crippen molar-refractivity contribution in [2.75, 3.05) is 52.8 Å². The van der Waals surface area contributed by atoms with Crippen molar-refractivity contribution >= 4 is 11.7 Å². The Bertz CT molecular complexity index is 823. The van der Waals surface area contributed by atoms with Gasteiger partial charge in [0, 0.05) is 44.9 Å². The molecule has 156 valence electrons. The highest BCUT2D eigenvalue weighted by atomic mass is 16.5. The number of carbonyl (C=O) groups is 1. The Hall–Kier alpha value is -2.93. The highest BCUT2D eigenvalue weighted by molar-refractivity contribution is 5.90. The number of nitrogens with one attached hydrogen (secondary N) is 1. The summed E-state index contributed by atoms with van der Waals surface area (Å²) in [6.45, 7) is 6.07. The van der Waals surface area contributed by atoms with Crippen LogP contribution in [0.15, 0.2) is 36.4 Å². The van der Waals surface area contributed by atoms with E-state index >= 15 is 0 Å². The van der Waals surface area contributed by atoms with E-state index in [4.69, 9.17) is 14.2 Å². The van der Waals surface area contributed by atoms with Crippen molar-refractivity contribution in [3.8, 4) is 17.2 Å². The predicted octanol–water partition coefficient (Wildman–Crippen LogP) is 3.37. The van der Waals surface area contributed by atoms with Crippen molar-refractivity contribution in [2.24, 2.45) is 0 Å². The number of amides is 2. The lowest BCUT2D eigenvalue weighted by Crippen LogP contribution is -2.49. The number of aryl methyl sites for hydroxylation is 1. The molecule has 1 aliphatic heterocycles. The normalized spacial score (nSPS) is 14.4. The third kappa shape index (κ3) is 5.12. The maximum Gasteiger partial charge on any atom is 0.321 e. The molecule has 0 radical (unpaired) electrons. The van der Waals surface area contributed by atoms with Gasteiger partial charge in [-0.05, 0) is 12.5 Å². The molecule has 29 heavy (non-hydrogen) atoms. The number of hydrogen-bond donors (Lipinski definition) is 1. The summed E-state index contributed by atoms with van der Waals surface area (Å²) in [4.78, 5) is 16.9. The number of methoxy groups -OCH3 is 3. The average molecular weight is 399 g/mol. The lowest BCUT2D eigenvalue weighted by molar-refractivity contribution is 0.143. The number of piperazine rings is 1. The van der Waals surface area contributed by atoms with Crippen LogP contribution in [-0.4, -0.2) is 63.3 Å². The summed E-state index contributed by atoms with van der Waals surface area (Å²) in [6, 6.07) is 11.9. The van der Waals surface area contributed by atoms with Crippen LogP contribution in [0.4, 0.5) is 10.5 Å². The molecule has 1 N–H and O–H groups in total. The van der Waals surface area contributed by atoms with Gasteiger partial charge in [0.05, 0.1) is 27.0 Å². The summed E-state index contributed by atoms with van der Waals surface area (Å²) < 4.78 is 16.0. The van der Waals surface area contributed by atoms with Gasteiger partial charge in [0.2, 0.25) is 5.75 Å². The second-order valence-electron chi connectivity index (χ2n) is 7.10. The number of carbonyl (C=O) groups excluding carboxylic acids is 1. The van der Waals surface area contributed by atoms with Gasteiger partial charge in [0.1, 0.15) is 0 Å². The molecular weight excluding hydrogens is 370 g/mol. The van der Waals surface area contributed by atoms with Crippen LogP contribution < -0.4 is 19.5 Å². The molecule has 0 unspecified atom stereocenters. The van der Waals surface area contributed by atoms with Crippen LogP contribution >= 0.6 is 0 Å². The minimum atomic E-state index is -0.130. The monoisotopic (exact) mass is 399 g/mol. The SMILES string of the molecule is COc1cc(NC(=O)N2CCN(Cc3cccc(C)c3)CC2)cc(OC)c1OC. The molecule has 0 bridgehead atoms. The Balaban J connectivity index is 1.58. The van der Waals surface area contributed by atoms with Gasteiger partial charge in [-0.15, -0.1) is 0 Å². The molecule has 1 heterocycles. The van der Waals surface area contributed by atoms with Crippen molar-refractivity contribution in [3.63, 3.8) is 0 Å². The van der Waals surface area contributed by atoms with Crippen LogP contribution in [0.25, 0.3) is 0 Å². The molecule has 7 heteroatoms. The largest absolute Gasteiger partial charge is 0.493 e. The third-order valence-corrected chi connectivity index (χ3v) is 5.06. The Labute approximate surface area is 172 Å². The van der Waals surface area contributed by atoms with Gasteiger partial charge >= 0.3 is 6.03 Å². The molecule has 2 amide bonds. The van der Waals surface area contributed by atoms with Gasteiger partial charge in [-0.2, -0.15) is 0 Å². The molecule has 7 nitrogen and oxygen atoms in total. The van der Waals surface area contributed by atoms with Gasteiger partial charge in [-0.3, -0.25) is 4.90 Å². The number of hydrogen-bond acceptors (Lipinski definition) is 5. The fraction of sp³-hybridized carbons (Fsp3) is 0.409. The lowest BCUT2D eigenvalue weighted by atomic mass is 10.1. The second kappa shape index (κ2) is 9.52. The van der Waals surface area contributed by atoms with Crippen molar-refractivity contribution in [1.82, 2.24) is 9.80 Å². The number of urea groups is 1. The molecular formula is C22H29N3O4. The van der Waals surface area contributed by atoms with Gasteiger partial charge in [0.15, 0.2) is 11.5 Å². The Morgan fingerprint density at radius 3 is 2.17 bits per heavy atom. The summed E-state index contributed by atoms with van der Waals surface area (Å²) in [6.07, 6.45) is 0. The number of benzene rings is 2. The molecule has 1 aliphatic rings. The topological polar surface area (TPSA) is 63.3 Å². The van der Waals surface area contributed by atoms with Gasteiger partial charge < -0.3 is 24.4 Å². The van der Waals surface area contributed by atoms with E-state index in [0.717, 1.165) is 19.6 Å². The van der Waals surface area contributed by atoms with E-state index in [2.05, 4.69) is 41.4 Å². The lowest BCUT2D eigenvalue weighted by Gasteiger charge is -2.34. The van der Waals surface area contributed by atoms with Crippen LogP contribution in [0.5, 0.6) is 17.2 Å². The number of anilines is 1. The van der Waals surface area contributed by atoms with Gasteiger partial charge in [-0.25, -0.2) is 4.79 Å². The van der Waals surface area contributed by atoms with Crippen molar-refractivity contribution in [3.05, 3.63) is 47.5 Å². The zero-order chi connectivity index (χ0) is 20.8. The van der Waals surface area contributed by atoms with Crippen molar-refractivity contribution in [1.29, 1.82) is 0 Å². The molecule has 0 spiro atoms. The maximum absolute atomic E-state index is 12.7. The zero-order valence-electron chi connectivity index (χ0n) is 17.5. The van der Waals surface area contributed by atoms with E-state index in [0.29, 0.717) is 36.0 Å². The molecule has 1 saturated heterocycles. The first-order valence-electron chi connectivity index (χ1n) is 9.68. The standard InChI is InChI=1S/C22H29N3O4/c1-16-6-5-7-17(12-16)15-24-8-10-25(11-9-24)22(26)23-18-13-19(27-2)21(29-4)20(14-18)28-3/h5-7,12-14H,8-11,15H2,1-4H3,(H,23,26). The molecule has 3 rings (SSSR count). The van der Waals surface area contributed by atoms with Gasteiger partial charge in [0.25, 0.3) is 0 Å². The molecule has 0 atom stereocenters. The first-order valence-corrected chi connectivity index (χ1v) is 9.68. The molecule has 1 fully saturated rings. The summed E-state index contributed by atoms with van der Waals surface area (Å²) in [5, 5.41) is 2.94. The Morgan fingerprint density at radius 2 is 1.62 bits per heavy atom. The van der Waals surface area contributed by atoms with E-state index < -0.39 is 0 Å². The average Bonchev–Trinajstić information content (AvgIpc) is 2.73. The highest BCUT2D eigenvalue weighted by Crippen LogP contribution is 2.40. The van der Waals surface area contributed by atoms with E-state index in [-0.39, 0.29) is 6.03 Å². The van der Waals surface area contributed by atoms with Crippen LogP contribution in [-0.2, 0) is 6.54 Å². The molecule has 0 saturated carbocycles. The maximum atomic E-state index is 12.7. The minimum absolute atomic E-state index is 0.130. The summed E-state index contributed by atoms with van der Waals surface area (Å²) >= 11 is 0. The van der Waals surface area contributed by atoms with Crippen molar-refractivity contribution < 1.29 is 19.0 Å². The molecule has 0 aromatic heterocycles. The molecule has 2 aromatic carbocycles. The summed E-state index contributed by atoms with van der Waals surface area (Å²) in [5.74, 6) is 1.51. The summed E-state index contributed by atoms with van der Waals surface area (Å²) in [5.41, 5.74) is 3.18.